The molecule has 11 rings (SSSR count). The highest BCUT2D eigenvalue weighted by Gasteiger charge is 2.51. The molecular formula is C58H41NO. The number of benzene rings is 9. The highest BCUT2D eigenvalue weighted by molar-refractivity contribution is 5.95. The van der Waals surface area contributed by atoms with Gasteiger partial charge >= 0.3 is 0 Å². The van der Waals surface area contributed by atoms with E-state index in [0.29, 0.717) is 0 Å². The molecule has 0 amide bonds. The van der Waals surface area contributed by atoms with Gasteiger partial charge in [0.25, 0.3) is 0 Å². The molecule has 60 heavy (non-hydrogen) atoms. The Labute approximate surface area is 352 Å². The zero-order valence-corrected chi connectivity index (χ0v) is 33.3. The number of hydrogen-bond acceptors (Lipinski definition) is 2. The Kier molecular flexibility index (Phi) is 9.41. The molecule has 2 aliphatic heterocycles. The predicted octanol–water partition coefficient (Wildman–Crippen LogP) is 15.3. The van der Waals surface area contributed by atoms with Gasteiger partial charge in [0.05, 0.1) is 16.8 Å². The van der Waals surface area contributed by atoms with Crippen molar-refractivity contribution in [1.82, 2.24) is 0 Å². The number of nitrogens with zero attached hydrogens (tertiary/aromatic N) is 1. The molecule has 0 saturated heterocycles. The lowest BCUT2D eigenvalue weighted by molar-refractivity contribution is 0.434. The zero-order valence-electron chi connectivity index (χ0n) is 33.3. The number of fused-ring (bicyclic) bond motifs is 8. The normalized spacial score (nSPS) is 12.6. The fourth-order valence-corrected chi connectivity index (χ4v) is 9.31. The van der Waals surface area contributed by atoms with Gasteiger partial charge in [-0.2, -0.15) is 0 Å². The van der Waals surface area contributed by atoms with E-state index in [9.17, 15) is 0 Å². The maximum atomic E-state index is 6.82. The van der Waals surface area contributed by atoms with Gasteiger partial charge in [0.2, 0.25) is 0 Å². The Morgan fingerprint density at radius 2 is 0.733 bits per heavy atom. The molecule has 0 aromatic heterocycles. The molecule has 0 unspecified atom stereocenters. The van der Waals surface area contributed by atoms with Crippen molar-refractivity contribution in [2.24, 2.45) is 0 Å². The van der Waals surface area contributed by atoms with Crippen LogP contribution in [0.2, 0.25) is 0 Å². The van der Waals surface area contributed by atoms with Crippen LogP contribution in [0.4, 0.5) is 17.1 Å². The lowest BCUT2D eigenvalue weighted by Crippen LogP contribution is -2.39. The minimum Gasteiger partial charge on any atom is -0.457 e. The largest absolute Gasteiger partial charge is 0.457 e. The van der Waals surface area contributed by atoms with E-state index >= 15 is 0 Å². The summed E-state index contributed by atoms with van der Waals surface area (Å²) in [6.45, 7) is 1.65. The van der Waals surface area contributed by atoms with E-state index in [1.54, 1.807) is 6.92 Å². The molecule has 0 aliphatic carbocycles. The van der Waals surface area contributed by atoms with Gasteiger partial charge < -0.3 is 9.64 Å². The van der Waals surface area contributed by atoms with Crippen molar-refractivity contribution in [1.29, 1.82) is 0 Å². The molecule has 2 heterocycles. The summed E-state index contributed by atoms with van der Waals surface area (Å²) in [5.41, 5.74) is 16.8. The van der Waals surface area contributed by atoms with E-state index in [1.165, 1.54) is 44.5 Å². The minimum absolute atomic E-state index is 0.725. The Balaban J connectivity index is 0.00000140. The van der Waals surface area contributed by atoms with Gasteiger partial charge in [-0.15, -0.1) is 12.3 Å². The second kappa shape index (κ2) is 15.5. The number of ether oxygens (including phenoxy) is 1. The van der Waals surface area contributed by atoms with Crippen molar-refractivity contribution in [3.63, 3.8) is 0 Å². The van der Waals surface area contributed by atoms with Crippen LogP contribution < -0.4 is 9.64 Å². The second-order valence-electron chi connectivity index (χ2n) is 15.1. The third kappa shape index (κ3) is 5.99. The highest BCUT2D eigenvalue weighted by atomic mass is 16.5. The zero-order chi connectivity index (χ0) is 40.5. The predicted molar refractivity (Wildman–Crippen MR) is 249 cm³/mol. The van der Waals surface area contributed by atoms with Crippen LogP contribution in [0.15, 0.2) is 224 Å². The summed E-state index contributed by atoms with van der Waals surface area (Å²) in [5, 5.41) is 0. The third-order valence-electron chi connectivity index (χ3n) is 11.7. The van der Waals surface area contributed by atoms with Crippen LogP contribution >= 0.6 is 0 Å². The van der Waals surface area contributed by atoms with Crippen LogP contribution in [0.25, 0.3) is 44.5 Å². The summed E-state index contributed by atoms with van der Waals surface area (Å²) < 4.78 is 6.82. The summed E-state index contributed by atoms with van der Waals surface area (Å²) >= 11 is 0. The molecule has 0 atom stereocenters. The average molecular weight is 768 g/mol. The van der Waals surface area contributed by atoms with Gasteiger partial charge in [0.15, 0.2) is 0 Å². The summed E-state index contributed by atoms with van der Waals surface area (Å²) in [6, 6.07) is 81.2. The molecule has 0 saturated carbocycles. The minimum atomic E-state index is -0.725. The molecule has 0 N–H and O–H groups in total. The van der Waals surface area contributed by atoms with Crippen LogP contribution in [0.5, 0.6) is 11.5 Å². The summed E-state index contributed by atoms with van der Waals surface area (Å²) in [7, 11) is 0. The fourth-order valence-electron chi connectivity index (χ4n) is 9.31. The van der Waals surface area contributed by atoms with Gasteiger partial charge in [-0.3, -0.25) is 0 Å². The van der Waals surface area contributed by atoms with E-state index in [-0.39, 0.29) is 0 Å². The molecule has 284 valence electrons. The van der Waals surface area contributed by atoms with Crippen molar-refractivity contribution >= 4 is 17.1 Å². The molecular weight excluding hydrogens is 727 g/mol. The average Bonchev–Trinajstić information content (AvgIpc) is 3.32. The first-order valence-corrected chi connectivity index (χ1v) is 20.4. The Morgan fingerprint density at radius 3 is 1.17 bits per heavy atom. The first-order chi connectivity index (χ1) is 29.7. The van der Waals surface area contributed by atoms with Gasteiger partial charge in [-0.25, -0.2) is 0 Å². The third-order valence-corrected chi connectivity index (χ3v) is 11.7. The quantitative estimate of drug-likeness (QED) is 0.162. The Morgan fingerprint density at radius 1 is 0.383 bits per heavy atom. The fraction of sp³-hybridized carbons (Fsp3) is 0.0345. The number of hydrogen-bond donors (Lipinski definition) is 0. The Bertz CT molecular complexity index is 2850. The molecule has 9 aromatic rings. The smallest absolute Gasteiger partial charge is 0.132 e. The van der Waals surface area contributed by atoms with Crippen molar-refractivity contribution in [2.45, 2.75) is 12.3 Å². The molecule has 0 radical (unpaired) electrons. The first-order valence-electron chi connectivity index (χ1n) is 20.4. The van der Waals surface area contributed by atoms with E-state index in [2.05, 4.69) is 242 Å². The highest BCUT2D eigenvalue weighted by Crippen LogP contribution is 2.63. The molecule has 2 aliphatic rings. The van der Waals surface area contributed by atoms with Crippen molar-refractivity contribution in [3.05, 3.63) is 247 Å². The van der Waals surface area contributed by atoms with E-state index < -0.39 is 5.41 Å². The number of rotatable bonds is 5. The van der Waals surface area contributed by atoms with Crippen molar-refractivity contribution in [2.75, 3.05) is 4.90 Å². The SMILES string of the molecule is C#CC.c1ccc(-c2ccccc2-c2ccc3c(c2)C2(c4ccccc4Oc4ccccc42)c2cc(-c4ccccc4-c4ccccc4)ccc2N3c2ccccc2)cc1. The van der Waals surface area contributed by atoms with E-state index in [4.69, 9.17) is 4.74 Å². The standard InChI is InChI=1S/C55H37NO.C3H4/c1-4-18-38(19-5-1)43-24-10-12-26-45(43)40-32-34-51-49(36-40)55(47-28-14-16-30-53(47)57-54-31-17-15-29-48(54)55)50-37-41(33-35-52(50)56(51)42-22-8-3-9-23-42)46-27-13-11-25-44(46)39-20-6-2-7-21-39;1-3-2/h1-37H;1H,2H3. The van der Waals surface area contributed by atoms with Crippen LogP contribution in [-0.4, -0.2) is 0 Å². The lowest BCUT2D eigenvalue weighted by atomic mass is 9.60. The van der Waals surface area contributed by atoms with Crippen LogP contribution in [0, 0.1) is 12.3 Å². The van der Waals surface area contributed by atoms with Gasteiger partial charge in [0.1, 0.15) is 11.5 Å². The summed E-state index contributed by atoms with van der Waals surface area (Å²) in [5.74, 6) is 3.98. The summed E-state index contributed by atoms with van der Waals surface area (Å²) in [6.07, 6.45) is 4.60. The number of terminal acetylenes is 1. The lowest BCUT2D eigenvalue weighted by Gasteiger charge is -2.49. The van der Waals surface area contributed by atoms with Crippen molar-refractivity contribution in [3.8, 4) is 68.4 Å². The first kappa shape index (κ1) is 36.5. The molecule has 2 heteroatoms. The second-order valence-corrected chi connectivity index (χ2v) is 15.1. The van der Waals surface area contributed by atoms with Gasteiger partial charge in [-0.1, -0.05) is 176 Å². The van der Waals surface area contributed by atoms with Crippen LogP contribution in [0.1, 0.15) is 29.2 Å². The maximum Gasteiger partial charge on any atom is 0.132 e. The molecule has 1 spiro atoms. The van der Waals surface area contributed by atoms with Crippen LogP contribution in [0.3, 0.4) is 0 Å². The van der Waals surface area contributed by atoms with E-state index in [0.717, 1.165) is 50.8 Å². The molecule has 9 aromatic carbocycles. The number of para-hydroxylation sites is 3. The maximum absolute atomic E-state index is 6.82. The van der Waals surface area contributed by atoms with E-state index in [1.807, 2.05) is 0 Å². The van der Waals surface area contributed by atoms with Gasteiger partial charge in [-0.05, 0) is 111 Å². The monoisotopic (exact) mass is 767 g/mol. The molecule has 2 nitrogen and oxygen atoms in total. The topological polar surface area (TPSA) is 12.5 Å². The summed E-state index contributed by atoms with van der Waals surface area (Å²) in [4.78, 5) is 2.45. The molecule has 0 fully saturated rings. The molecule has 0 bridgehead atoms. The van der Waals surface area contributed by atoms with Crippen molar-refractivity contribution < 1.29 is 4.74 Å². The number of anilines is 3. The Hall–Kier alpha value is -7.86. The van der Waals surface area contributed by atoms with Gasteiger partial charge in [0, 0.05) is 16.8 Å². The van der Waals surface area contributed by atoms with Crippen LogP contribution in [-0.2, 0) is 5.41 Å².